The molecule has 4 nitrogen and oxygen atoms in total. The highest BCUT2D eigenvalue weighted by atomic mass is 79.9. The summed E-state index contributed by atoms with van der Waals surface area (Å²) in [4.78, 5) is 12.0. The van der Waals surface area contributed by atoms with E-state index in [0.29, 0.717) is 6.54 Å². The second kappa shape index (κ2) is 7.20. The number of carbonyl (C=O) groups excluding carboxylic acids is 1. The minimum Gasteiger partial charge on any atom is -0.468 e. The van der Waals surface area contributed by atoms with Gasteiger partial charge in [-0.05, 0) is 37.0 Å². The summed E-state index contributed by atoms with van der Waals surface area (Å²) in [5, 5.41) is 3.25. The SMILES string of the molecule is COC(=O)C(NCC1CCCO1)c1ccc(C)c(Br)c1. The van der Waals surface area contributed by atoms with Crippen molar-refractivity contribution in [2.45, 2.75) is 31.9 Å². The average Bonchev–Trinajstić information content (AvgIpc) is 2.95. The second-order valence-corrected chi connectivity index (χ2v) is 5.86. The standard InChI is InChI=1S/C15H20BrNO3/c1-10-5-6-11(8-13(10)16)14(15(18)19-2)17-9-12-4-3-7-20-12/h5-6,8,12,14,17H,3-4,7,9H2,1-2H3. The van der Waals surface area contributed by atoms with E-state index < -0.39 is 6.04 Å². The van der Waals surface area contributed by atoms with Crippen LogP contribution < -0.4 is 5.32 Å². The fraction of sp³-hybridized carbons (Fsp3) is 0.533. The maximum absolute atomic E-state index is 12.0. The van der Waals surface area contributed by atoms with Crippen molar-refractivity contribution < 1.29 is 14.3 Å². The lowest BCUT2D eigenvalue weighted by Crippen LogP contribution is -2.35. The summed E-state index contributed by atoms with van der Waals surface area (Å²) in [6, 6.07) is 5.44. The molecule has 2 rings (SSSR count). The maximum atomic E-state index is 12.0. The molecule has 0 aliphatic carbocycles. The zero-order chi connectivity index (χ0) is 14.5. The zero-order valence-corrected chi connectivity index (χ0v) is 13.4. The number of hydrogen-bond donors (Lipinski definition) is 1. The molecule has 1 aliphatic rings. The van der Waals surface area contributed by atoms with Crippen LogP contribution in [0.25, 0.3) is 0 Å². The zero-order valence-electron chi connectivity index (χ0n) is 11.8. The molecule has 0 radical (unpaired) electrons. The van der Waals surface area contributed by atoms with Crippen LogP contribution in [0.4, 0.5) is 0 Å². The molecule has 0 spiro atoms. The molecule has 1 fully saturated rings. The minimum absolute atomic E-state index is 0.191. The molecule has 0 bridgehead atoms. The highest BCUT2D eigenvalue weighted by Crippen LogP contribution is 2.23. The van der Waals surface area contributed by atoms with E-state index in [4.69, 9.17) is 9.47 Å². The molecule has 20 heavy (non-hydrogen) atoms. The Morgan fingerprint density at radius 2 is 2.40 bits per heavy atom. The number of carbonyl (C=O) groups is 1. The number of aryl methyl sites for hydroxylation is 1. The molecule has 1 heterocycles. The van der Waals surface area contributed by atoms with Crippen molar-refractivity contribution in [3.05, 3.63) is 33.8 Å². The summed E-state index contributed by atoms with van der Waals surface area (Å²) in [6.45, 7) is 3.48. The van der Waals surface area contributed by atoms with Gasteiger partial charge >= 0.3 is 5.97 Å². The van der Waals surface area contributed by atoms with Crippen molar-refractivity contribution in [3.8, 4) is 0 Å². The Kier molecular flexibility index (Phi) is 5.57. The van der Waals surface area contributed by atoms with Crippen molar-refractivity contribution in [3.63, 3.8) is 0 Å². The Hall–Kier alpha value is -0.910. The lowest BCUT2D eigenvalue weighted by atomic mass is 10.0. The van der Waals surface area contributed by atoms with Crippen molar-refractivity contribution in [2.24, 2.45) is 0 Å². The van der Waals surface area contributed by atoms with E-state index in [9.17, 15) is 4.79 Å². The van der Waals surface area contributed by atoms with Crippen molar-refractivity contribution in [2.75, 3.05) is 20.3 Å². The normalized spacial score (nSPS) is 19.9. The molecule has 1 aromatic rings. The molecular formula is C15H20BrNO3. The maximum Gasteiger partial charge on any atom is 0.327 e. The van der Waals surface area contributed by atoms with E-state index in [1.165, 1.54) is 7.11 Å². The summed E-state index contributed by atoms with van der Waals surface area (Å²) in [7, 11) is 1.41. The van der Waals surface area contributed by atoms with Gasteiger partial charge in [-0.3, -0.25) is 5.32 Å². The van der Waals surface area contributed by atoms with E-state index in [2.05, 4.69) is 21.2 Å². The van der Waals surface area contributed by atoms with Gasteiger partial charge in [0.1, 0.15) is 6.04 Å². The lowest BCUT2D eigenvalue weighted by Gasteiger charge is -2.19. The molecule has 0 saturated carbocycles. The van der Waals surface area contributed by atoms with Gasteiger partial charge in [0.25, 0.3) is 0 Å². The van der Waals surface area contributed by atoms with Crippen LogP contribution in [0.3, 0.4) is 0 Å². The summed E-state index contributed by atoms with van der Waals surface area (Å²) in [5.41, 5.74) is 2.03. The van der Waals surface area contributed by atoms with Crippen LogP contribution in [0.2, 0.25) is 0 Å². The monoisotopic (exact) mass is 341 g/mol. The highest BCUT2D eigenvalue weighted by Gasteiger charge is 2.24. The number of halogens is 1. The molecule has 5 heteroatoms. The lowest BCUT2D eigenvalue weighted by molar-refractivity contribution is -0.143. The first-order valence-corrected chi connectivity index (χ1v) is 7.60. The number of hydrogen-bond acceptors (Lipinski definition) is 4. The smallest absolute Gasteiger partial charge is 0.327 e. The average molecular weight is 342 g/mol. The molecular weight excluding hydrogens is 322 g/mol. The number of benzene rings is 1. The molecule has 1 saturated heterocycles. The molecule has 0 amide bonds. The molecule has 1 N–H and O–H groups in total. The largest absolute Gasteiger partial charge is 0.468 e. The number of nitrogens with one attached hydrogen (secondary N) is 1. The Morgan fingerprint density at radius 3 is 3.00 bits per heavy atom. The Bertz CT molecular complexity index is 472. The van der Waals surface area contributed by atoms with Gasteiger partial charge in [-0.15, -0.1) is 0 Å². The molecule has 2 unspecified atom stereocenters. The molecule has 110 valence electrons. The molecule has 0 aromatic heterocycles. The fourth-order valence-electron chi connectivity index (χ4n) is 2.30. The predicted octanol–water partition coefficient (Wildman–Crippen LogP) is 2.74. The Balaban J connectivity index is 2.09. The third kappa shape index (κ3) is 3.81. The first kappa shape index (κ1) is 15.5. The van der Waals surface area contributed by atoms with Gasteiger partial charge in [0, 0.05) is 17.6 Å². The summed E-state index contributed by atoms with van der Waals surface area (Å²) < 4.78 is 11.5. The number of ether oxygens (including phenoxy) is 2. The first-order chi connectivity index (χ1) is 9.61. The van der Waals surface area contributed by atoms with E-state index in [1.807, 2.05) is 25.1 Å². The van der Waals surface area contributed by atoms with E-state index in [-0.39, 0.29) is 12.1 Å². The summed E-state index contributed by atoms with van der Waals surface area (Å²) >= 11 is 3.50. The van der Waals surface area contributed by atoms with Crippen molar-refractivity contribution in [1.82, 2.24) is 5.32 Å². The van der Waals surface area contributed by atoms with Crippen molar-refractivity contribution in [1.29, 1.82) is 0 Å². The van der Waals surface area contributed by atoms with Gasteiger partial charge in [-0.25, -0.2) is 4.79 Å². The van der Waals surface area contributed by atoms with Gasteiger partial charge in [-0.2, -0.15) is 0 Å². The third-order valence-corrected chi connectivity index (χ3v) is 4.39. The van der Waals surface area contributed by atoms with Gasteiger partial charge in [-0.1, -0.05) is 28.1 Å². The first-order valence-electron chi connectivity index (χ1n) is 6.80. The Labute approximate surface area is 128 Å². The highest BCUT2D eigenvalue weighted by molar-refractivity contribution is 9.10. The van der Waals surface area contributed by atoms with E-state index >= 15 is 0 Å². The van der Waals surface area contributed by atoms with Crippen LogP contribution in [0.5, 0.6) is 0 Å². The van der Waals surface area contributed by atoms with Crippen LogP contribution in [0.1, 0.15) is 30.0 Å². The quantitative estimate of drug-likeness (QED) is 0.836. The van der Waals surface area contributed by atoms with Gasteiger partial charge in [0.15, 0.2) is 0 Å². The summed E-state index contributed by atoms with van der Waals surface area (Å²) in [5.74, 6) is -0.279. The summed E-state index contributed by atoms with van der Waals surface area (Å²) in [6.07, 6.45) is 2.32. The fourth-order valence-corrected chi connectivity index (χ4v) is 2.69. The molecule has 1 aliphatic heterocycles. The number of methoxy groups -OCH3 is 1. The van der Waals surface area contributed by atoms with Crippen LogP contribution in [-0.4, -0.2) is 32.3 Å². The Morgan fingerprint density at radius 1 is 1.60 bits per heavy atom. The van der Waals surface area contributed by atoms with Gasteiger partial charge in [0.05, 0.1) is 13.2 Å². The van der Waals surface area contributed by atoms with Crippen molar-refractivity contribution >= 4 is 21.9 Å². The third-order valence-electron chi connectivity index (χ3n) is 3.54. The van der Waals surface area contributed by atoms with Gasteiger partial charge < -0.3 is 9.47 Å². The van der Waals surface area contributed by atoms with Crippen LogP contribution in [-0.2, 0) is 14.3 Å². The molecule has 2 atom stereocenters. The van der Waals surface area contributed by atoms with Crippen LogP contribution in [0, 0.1) is 6.92 Å². The van der Waals surface area contributed by atoms with Crippen LogP contribution >= 0.6 is 15.9 Å². The predicted molar refractivity (Wildman–Crippen MR) is 80.6 cm³/mol. The second-order valence-electron chi connectivity index (χ2n) is 5.01. The topological polar surface area (TPSA) is 47.6 Å². The number of rotatable bonds is 5. The minimum atomic E-state index is -0.457. The van der Waals surface area contributed by atoms with Gasteiger partial charge in [0.2, 0.25) is 0 Å². The molecule has 1 aromatic carbocycles. The van der Waals surface area contributed by atoms with E-state index in [0.717, 1.165) is 35.0 Å². The van der Waals surface area contributed by atoms with E-state index in [1.54, 1.807) is 0 Å². The van der Waals surface area contributed by atoms with Crippen LogP contribution in [0.15, 0.2) is 22.7 Å². The number of esters is 1.